The highest BCUT2D eigenvalue weighted by atomic mass is 79.9. The normalized spacial score (nSPS) is 11.3. The van der Waals surface area contributed by atoms with Crippen molar-refractivity contribution in [2.75, 3.05) is 5.32 Å². The lowest BCUT2D eigenvalue weighted by Gasteiger charge is -2.09. The molecule has 0 fully saturated rings. The lowest BCUT2D eigenvalue weighted by Crippen LogP contribution is -2.04. The van der Waals surface area contributed by atoms with Crippen LogP contribution >= 0.6 is 15.9 Å². The summed E-state index contributed by atoms with van der Waals surface area (Å²) < 4.78 is 37.9. The van der Waals surface area contributed by atoms with Gasteiger partial charge < -0.3 is 5.32 Å². The number of rotatable bonds is 2. The second-order valence-electron chi connectivity index (χ2n) is 3.56. The van der Waals surface area contributed by atoms with Crippen LogP contribution in [0.3, 0.4) is 0 Å². The van der Waals surface area contributed by atoms with Gasteiger partial charge in [-0.25, -0.2) is 4.98 Å². The molecule has 0 bridgehead atoms. The van der Waals surface area contributed by atoms with Gasteiger partial charge in [0.1, 0.15) is 5.82 Å². The van der Waals surface area contributed by atoms with Crippen LogP contribution < -0.4 is 5.32 Å². The van der Waals surface area contributed by atoms with E-state index in [1.165, 1.54) is 12.1 Å². The smallest absolute Gasteiger partial charge is 0.340 e. The van der Waals surface area contributed by atoms with Crippen LogP contribution in [0.4, 0.5) is 24.7 Å². The monoisotopic (exact) mass is 316 g/mol. The molecule has 18 heavy (non-hydrogen) atoms. The van der Waals surface area contributed by atoms with Crippen molar-refractivity contribution < 1.29 is 13.2 Å². The number of nitrogens with zero attached hydrogens (tertiary/aromatic N) is 1. The molecule has 2 nitrogen and oxygen atoms in total. The summed E-state index contributed by atoms with van der Waals surface area (Å²) in [7, 11) is 0. The average Bonchev–Trinajstić information content (AvgIpc) is 2.32. The molecule has 1 aromatic heterocycles. The van der Waals surface area contributed by atoms with E-state index in [9.17, 15) is 13.2 Å². The van der Waals surface area contributed by atoms with Crippen LogP contribution in [0.1, 0.15) is 5.56 Å². The molecule has 0 aliphatic carbocycles. The molecule has 1 aromatic carbocycles. The van der Waals surface area contributed by atoms with E-state index in [0.29, 0.717) is 11.5 Å². The van der Waals surface area contributed by atoms with Gasteiger partial charge in [0.25, 0.3) is 0 Å². The molecule has 6 heteroatoms. The van der Waals surface area contributed by atoms with Crippen molar-refractivity contribution >= 4 is 27.4 Å². The standard InChI is InChI=1S/C12H8BrF3N2/c13-9-3-6-11(17-7-9)18-10-4-1-8(2-5-10)12(14,15)16/h1-7H,(H,17,18). The maximum absolute atomic E-state index is 12.4. The Morgan fingerprint density at radius 2 is 1.67 bits per heavy atom. The summed E-state index contributed by atoms with van der Waals surface area (Å²) in [5, 5.41) is 2.91. The van der Waals surface area contributed by atoms with Crippen LogP contribution in [0.15, 0.2) is 47.1 Å². The summed E-state index contributed by atoms with van der Waals surface area (Å²) in [6.07, 6.45) is -2.71. The molecule has 2 aromatic rings. The first-order valence-electron chi connectivity index (χ1n) is 5.01. The Kier molecular flexibility index (Phi) is 3.56. The van der Waals surface area contributed by atoms with Crippen molar-refractivity contribution in [2.24, 2.45) is 0 Å². The second kappa shape index (κ2) is 4.97. The largest absolute Gasteiger partial charge is 0.416 e. The molecule has 94 valence electrons. The molecule has 1 N–H and O–H groups in total. The Hall–Kier alpha value is -1.56. The molecule has 0 saturated carbocycles. The van der Waals surface area contributed by atoms with Crippen molar-refractivity contribution in [3.05, 3.63) is 52.6 Å². The van der Waals surface area contributed by atoms with Crippen LogP contribution in [-0.4, -0.2) is 4.98 Å². The molecular weight excluding hydrogens is 309 g/mol. The highest BCUT2D eigenvalue weighted by Crippen LogP contribution is 2.30. The van der Waals surface area contributed by atoms with Gasteiger partial charge in [-0.3, -0.25) is 0 Å². The first-order chi connectivity index (χ1) is 8.45. The Bertz CT molecular complexity index is 521. The molecule has 1 heterocycles. The summed E-state index contributed by atoms with van der Waals surface area (Å²) >= 11 is 3.25. The lowest BCUT2D eigenvalue weighted by molar-refractivity contribution is -0.137. The van der Waals surface area contributed by atoms with Crippen LogP contribution in [0.25, 0.3) is 0 Å². The predicted molar refractivity (Wildman–Crippen MR) is 66.7 cm³/mol. The van der Waals surface area contributed by atoms with Crippen molar-refractivity contribution in [1.29, 1.82) is 0 Å². The number of halogens is 4. The molecule has 0 spiro atoms. The van der Waals surface area contributed by atoms with Gasteiger partial charge in [0.15, 0.2) is 0 Å². The Labute approximate surface area is 110 Å². The van der Waals surface area contributed by atoms with Gasteiger partial charge in [0.2, 0.25) is 0 Å². The molecule has 2 rings (SSSR count). The predicted octanol–water partition coefficient (Wildman–Crippen LogP) is 4.61. The number of pyridine rings is 1. The molecule has 0 aliphatic heterocycles. The lowest BCUT2D eigenvalue weighted by atomic mass is 10.2. The number of nitrogens with one attached hydrogen (secondary N) is 1. The molecule has 0 unspecified atom stereocenters. The number of alkyl halides is 3. The summed E-state index contributed by atoms with van der Waals surface area (Å²) in [5.74, 6) is 0.568. The van der Waals surface area contributed by atoms with Gasteiger partial charge in [-0.1, -0.05) is 0 Å². The molecule has 0 amide bonds. The minimum absolute atomic E-state index is 0.554. The van der Waals surface area contributed by atoms with Crippen molar-refractivity contribution in [2.45, 2.75) is 6.18 Å². The number of hydrogen-bond donors (Lipinski definition) is 1. The first kappa shape index (κ1) is 12.9. The molecule has 0 saturated heterocycles. The number of hydrogen-bond acceptors (Lipinski definition) is 2. The highest BCUT2D eigenvalue weighted by molar-refractivity contribution is 9.10. The van der Waals surface area contributed by atoms with Crippen LogP contribution in [-0.2, 0) is 6.18 Å². The van der Waals surface area contributed by atoms with Crippen LogP contribution in [0, 0.1) is 0 Å². The van der Waals surface area contributed by atoms with Gasteiger partial charge in [-0.2, -0.15) is 13.2 Å². The summed E-state index contributed by atoms with van der Waals surface area (Å²) in [6, 6.07) is 8.31. The quantitative estimate of drug-likeness (QED) is 0.875. The summed E-state index contributed by atoms with van der Waals surface area (Å²) in [6.45, 7) is 0. The molecule has 0 aliphatic rings. The van der Waals surface area contributed by atoms with Gasteiger partial charge in [0.05, 0.1) is 5.56 Å². The zero-order chi connectivity index (χ0) is 13.2. The van der Waals surface area contributed by atoms with Gasteiger partial charge >= 0.3 is 6.18 Å². The second-order valence-corrected chi connectivity index (χ2v) is 4.48. The van der Waals surface area contributed by atoms with E-state index >= 15 is 0 Å². The number of aromatic nitrogens is 1. The van der Waals surface area contributed by atoms with Gasteiger partial charge in [-0.05, 0) is 52.3 Å². The van der Waals surface area contributed by atoms with Gasteiger partial charge in [0, 0.05) is 16.4 Å². The minimum Gasteiger partial charge on any atom is -0.340 e. The maximum Gasteiger partial charge on any atom is 0.416 e. The van der Waals surface area contributed by atoms with Crippen LogP contribution in [0.2, 0.25) is 0 Å². The Morgan fingerprint density at radius 1 is 1.00 bits per heavy atom. The number of anilines is 2. The SMILES string of the molecule is FC(F)(F)c1ccc(Nc2ccc(Br)cn2)cc1. The summed E-state index contributed by atoms with van der Waals surface area (Å²) in [5.41, 5.74) is -0.116. The fraction of sp³-hybridized carbons (Fsp3) is 0.0833. The maximum atomic E-state index is 12.4. The fourth-order valence-electron chi connectivity index (χ4n) is 1.34. The van der Waals surface area contributed by atoms with E-state index in [1.54, 1.807) is 18.3 Å². The first-order valence-corrected chi connectivity index (χ1v) is 5.80. The van der Waals surface area contributed by atoms with Gasteiger partial charge in [-0.15, -0.1) is 0 Å². The average molecular weight is 317 g/mol. The van der Waals surface area contributed by atoms with Crippen molar-refractivity contribution in [1.82, 2.24) is 4.98 Å². The van der Waals surface area contributed by atoms with E-state index in [-0.39, 0.29) is 0 Å². The Balaban J connectivity index is 2.13. The zero-order valence-corrected chi connectivity index (χ0v) is 10.6. The van der Waals surface area contributed by atoms with E-state index in [4.69, 9.17) is 0 Å². The van der Waals surface area contributed by atoms with Crippen LogP contribution in [0.5, 0.6) is 0 Å². The zero-order valence-electron chi connectivity index (χ0n) is 9.00. The van der Waals surface area contributed by atoms with Crippen molar-refractivity contribution in [3.8, 4) is 0 Å². The van der Waals surface area contributed by atoms with E-state index in [0.717, 1.165) is 16.6 Å². The fourth-order valence-corrected chi connectivity index (χ4v) is 1.57. The van der Waals surface area contributed by atoms with E-state index in [2.05, 4.69) is 26.2 Å². The third kappa shape index (κ3) is 3.22. The van der Waals surface area contributed by atoms with Crippen molar-refractivity contribution in [3.63, 3.8) is 0 Å². The molecule has 0 radical (unpaired) electrons. The molecule has 0 atom stereocenters. The Morgan fingerprint density at radius 3 is 2.17 bits per heavy atom. The topological polar surface area (TPSA) is 24.9 Å². The molecular formula is C12H8BrF3N2. The summed E-state index contributed by atoms with van der Waals surface area (Å²) in [4.78, 5) is 4.06. The minimum atomic E-state index is -4.31. The van der Waals surface area contributed by atoms with E-state index < -0.39 is 11.7 Å². The highest BCUT2D eigenvalue weighted by Gasteiger charge is 2.29. The third-order valence-corrected chi connectivity index (χ3v) is 2.68. The number of benzene rings is 1. The third-order valence-electron chi connectivity index (χ3n) is 2.21. The van der Waals surface area contributed by atoms with E-state index in [1.807, 2.05) is 0 Å².